The van der Waals surface area contributed by atoms with E-state index in [0.717, 1.165) is 27.8 Å². The average Bonchev–Trinajstić information content (AvgIpc) is 3.36. The van der Waals surface area contributed by atoms with E-state index in [1.807, 2.05) is 81.4 Å². The van der Waals surface area contributed by atoms with Gasteiger partial charge in [0.25, 0.3) is 11.8 Å². The van der Waals surface area contributed by atoms with Crippen molar-refractivity contribution in [1.82, 2.24) is 20.7 Å². The molecule has 4 N–H and O–H groups in total. The maximum absolute atomic E-state index is 13.4. The summed E-state index contributed by atoms with van der Waals surface area (Å²) in [5.41, 5.74) is 4.02. The summed E-state index contributed by atoms with van der Waals surface area (Å²) in [4.78, 5) is 77.9. The van der Waals surface area contributed by atoms with Crippen LogP contribution < -0.4 is 20.7 Å². The lowest BCUT2D eigenvalue weighted by molar-refractivity contribution is -0.158. The molecule has 0 unspecified atom stereocenters. The number of carbonyl (C=O) groups is 6. The number of ether oxygens (including phenoxy) is 2. The van der Waals surface area contributed by atoms with Crippen LogP contribution in [0.4, 0.5) is 0 Å². The van der Waals surface area contributed by atoms with Crippen LogP contribution in [0.1, 0.15) is 132 Å². The largest absolute Gasteiger partial charge is 0.459 e. The lowest BCUT2D eigenvalue weighted by Gasteiger charge is -2.24. The Morgan fingerprint density at radius 1 is 0.486 bits per heavy atom. The molecule has 0 saturated heterocycles. The molecule has 0 radical (unpaired) electrons. The van der Waals surface area contributed by atoms with Crippen LogP contribution in [0.3, 0.4) is 0 Å². The molecule has 2 atom stereocenters. The van der Waals surface area contributed by atoms with Gasteiger partial charge in [-0.05, 0) is 138 Å². The highest BCUT2D eigenvalue weighted by Crippen LogP contribution is 2.23. The lowest BCUT2D eigenvalue weighted by atomic mass is 10.0. The Morgan fingerprint density at radius 3 is 1.35 bits per heavy atom. The van der Waals surface area contributed by atoms with E-state index in [1.165, 1.54) is 18.2 Å². The van der Waals surface area contributed by atoms with E-state index in [2.05, 4.69) is 44.9 Å². The molecule has 0 aliphatic rings. The van der Waals surface area contributed by atoms with E-state index < -0.39 is 51.1 Å². The third-order valence-electron chi connectivity index (χ3n) is 11.7. The van der Waals surface area contributed by atoms with Gasteiger partial charge in [-0.3, -0.25) is 28.8 Å². The van der Waals surface area contributed by atoms with Gasteiger partial charge < -0.3 is 25.4 Å². The first kappa shape index (κ1) is 58.1. The first-order valence-electron chi connectivity index (χ1n) is 25.4. The highest BCUT2D eigenvalue weighted by atomic mass is 32.2. The van der Waals surface area contributed by atoms with Crippen LogP contribution in [0.25, 0.3) is 22.3 Å². The Hall–Kier alpha value is -6.81. The molecule has 15 heteroatoms. The van der Waals surface area contributed by atoms with Crippen molar-refractivity contribution in [2.24, 2.45) is 0 Å². The van der Waals surface area contributed by atoms with Crippen molar-refractivity contribution in [1.29, 1.82) is 0 Å². The zero-order chi connectivity index (χ0) is 53.7. The minimum absolute atomic E-state index is 0.0115. The van der Waals surface area contributed by atoms with E-state index in [9.17, 15) is 37.2 Å². The molecular weight excluding hydrogens is 957 g/mol. The number of hydrogen-bond donors (Lipinski definition) is 4. The summed E-state index contributed by atoms with van der Waals surface area (Å²) in [5, 5.41) is 8.93. The van der Waals surface area contributed by atoms with Gasteiger partial charge in [-0.1, -0.05) is 103 Å². The van der Waals surface area contributed by atoms with Crippen molar-refractivity contribution in [3.8, 4) is 22.3 Å². The SMILES string of the molecule is CC(C)(C)OC(=O)[C@@H](CCCC(=O)CCCNC(=O)c1cccc(C(=O)NCCCC(=O)CCC[C@@H](NS(=O)(=O)c2ccc(-c3ccccc3)cc2)C(=O)OC(C)(C)C)c1)NCc1ccc(-c2ccccc2)cc1. The van der Waals surface area contributed by atoms with Gasteiger partial charge >= 0.3 is 11.9 Å². The van der Waals surface area contributed by atoms with Crippen LogP contribution in [-0.4, -0.2) is 80.1 Å². The molecule has 0 spiro atoms. The second-order valence-corrected chi connectivity index (χ2v) is 22.0. The highest BCUT2D eigenvalue weighted by Gasteiger charge is 2.30. The third kappa shape index (κ3) is 20.2. The van der Waals surface area contributed by atoms with Crippen LogP contribution in [0.15, 0.2) is 138 Å². The molecule has 5 aromatic carbocycles. The summed E-state index contributed by atoms with van der Waals surface area (Å²) in [6.45, 7) is 11.4. The Kier molecular flexibility index (Phi) is 22.0. The molecule has 0 fully saturated rings. The van der Waals surface area contributed by atoms with Crippen LogP contribution in [0.2, 0.25) is 0 Å². The Morgan fingerprint density at radius 2 is 0.892 bits per heavy atom. The average molecular weight is 1030 g/mol. The maximum atomic E-state index is 13.4. The molecule has 2 amide bonds. The Bertz CT molecular complexity index is 2750. The number of ketones is 2. The lowest BCUT2D eigenvalue weighted by Crippen LogP contribution is -2.44. The fourth-order valence-electron chi connectivity index (χ4n) is 7.91. The first-order chi connectivity index (χ1) is 35.2. The molecule has 0 heterocycles. The van der Waals surface area contributed by atoms with Gasteiger partial charge in [0, 0.05) is 56.4 Å². The first-order valence-corrected chi connectivity index (χ1v) is 26.9. The van der Waals surface area contributed by atoms with Crippen molar-refractivity contribution in [2.75, 3.05) is 13.1 Å². The van der Waals surface area contributed by atoms with Crippen molar-refractivity contribution < 1.29 is 46.7 Å². The van der Waals surface area contributed by atoms with E-state index in [-0.39, 0.29) is 85.2 Å². The normalized spacial score (nSPS) is 12.5. The molecular formula is C59H72N4O10S. The predicted octanol–water partition coefficient (Wildman–Crippen LogP) is 9.71. The van der Waals surface area contributed by atoms with Gasteiger partial charge in [-0.2, -0.15) is 4.72 Å². The molecule has 0 aliphatic carbocycles. The predicted molar refractivity (Wildman–Crippen MR) is 287 cm³/mol. The fraction of sp³-hybridized carbons (Fsp3) is 0.390. The van der Waals surface area contributed by atoms with Gasteiger partial charge in [-0.25, -0.2) is 8.42 Å². The van der Waals surface area contributed by atoms with Crippen LogP contribution in [-0.2, 0) is 45.2 Å². The van der Waals surface area contributed by atoms with Gasteiger partial charge in [0.15, 0.2) is 0 Å². The number of benzene rings is 5. The fourth-order valence-corrected chi connectivity index (χ4v) is 9.13. The van der Waals surface area contributed by atoms with Crippen LogP contribution in [0.5, 0.6) is 0 Å². The number of rotatable bonds is 28. The van der Waals surface area contributed by atoms with E-state index >= 15 is 0 Å². The number of sulfonamides is 1. The zero-order valence-corrected chi connectivity index (χ0v) is 44.4. The number of esters is 2. The molecule has 0 saturated carbocycles. The number of carbonyl (C=O) groups excluding carboxylic acids is 6. The highest BCUT2D eigenvalue weighted by molar-refractivity contribution is 7.89. The second kappa shape index (κ2) is 28.0. The number of hydrogen-bond acceptors (Lipinski definition) is 11. The topological polar surface area (TPSA) is 203 Å². The molecule has 0 aliphatic heterocycles. The summed E-state index contributed by atoms with van der Waals surface area (Å²) < 4.78 is 40.5. The quantitative estimate of drug-likeness (QED) is 0.0274. The standard InChI is InChI=1S/C59H72N4O10S/c1-58(2,3)72-56(68)52(62-41-42-30-32-45(33-31-42)43-18-9-7-10-19-43)28-14-24-49(64)26-16-38-60-54(66)47-22-13-23-48(40-47)55(67)61-39-17-27-50(65)25-15-29-53(57(69)73-59(4,5)6)63-74(70,71)51-36-34-46(35-37-51)44-20-11-8-12-21-44/h7-13,18-23,30-37,40,52-53,62-63H,14-17,24-29,38-39,41H2,1-6H3,(H,60,66)(H,61,67)/t52-,53-/m1/s1. The number of Topliss-reactive ketones (excluding diaryl/α,β-unsaturated/α-hetero) is 2. The smallest absolute Gasteiger partial charge is 0.324 e. The summed E-state index contributed by atoms with van der Waals surface area (Å²) in [6, 6.07) is 38.5. The van der Waals surface area contributed by atoms with E-state index in [4.69, 9.17) is 9.47 Å². The summed E-state index contributed by atoms with van der Waals surface area (Å²) in [5.74, 6) is -2.01. The minimum atomic E-state index is -4.12. The molecule has 394 valence electrons. The Labute approximate surface area is 436 Å². The molecule has 14 nitrogen and oxygen atoms in total. The monoisotopic (exact) mass is 1030 g/mol. The maximum Gasteiger partial charge on any atom is 0.324 e. The summed E-state index contributed by atoms with van der Waals surface area (Å²) in [6.07, 6.45) is 2.70. The number of nitrogens with one attached hydrogen (secondary N) is 4. The molecule has 5 rings (SSSR count). The molecule has 0 bridgehead atoms. The van der Waals surface area contributed by atoms with Crippen molar-refractivity contribution >= 4 is 45.3 Å². The third-order valence-corrected chi connectivity index (χ3v) is 13.2. The summed E-state index contributed by atoms with van der Waals surface area (Å²) in [7, 11) is -4.12. The molecule has 74 heavy (non-hydrogen) atoms. The van der Waals surface area contributed by atoms with Crippen molar-refractivity contribution in [3.05, 3.63) is 150 Å². The molecule has 0 aromatic heterocycles. The van der Waals surface area contributed by atoms with Gasteiger partial charge in [0.2, 0.25) is 10.0 Å². The molecule has 5 aromatic rings. The van der Waals surface area contributed by atoms with E-state index in [0.29, 0.717) is 32.2 Å². The summed E-state index contributed by atoms with van der Waals surface area (Å²) >= 11 is 0. The van der Waals surface area contributed by atoms with Gasteiger partial charge in [0.05, 0.1) is 4.90 Å². The van der Waals surface area contributed by atoms with E-state index in [1.54, 1.807) is 51.1 Å². The second-order valence-electron chi connectivity index (χ2n) is 20.3. The van der Waals surface area contributed by atoms with Gasteiger partial charge in [-0.15, -0.1) is 0 Å². The Balaban J connectivity index is 0.988. The van der Waals surface area contributed by atoms with Crippen LogP contribution >= 0.6 is 0 Å². The van der Waals surface area contributed by atoms with Crippen LogP contribution in [0, 0.1) is 0 Å². The van der Waals surface area contributed by atoms with Crippen molar-refractivity contribution in [2.45, 2.75) is 140 Å². The zero-order valence-electron chi connectivity index (χ0n) is 43.5. The minimum Gasteiger partial charge on any atom is -0.459 e. The number of amides is 2. The van der Waals surface area contributed by atoms with Gasteiger partial charge in [0.1, 0.15) is 34.9 Å². The van der Waals surface area contributed by atoms with Crippen molar-refractivity contribution in [3.63, 3.8) is 0 Å².